The number of carbonyl (C=O) groups excluding carboxylic acids is 1. The maximum Gasteiger partial charge on any atom is 0.255 e. The summed E-state index contributed by atoms with van der Waals surface area (Å²) in [4.78, 5) is 13.3. The Hall–Kier alpha value is -1.74. The summed E-state index contributed by atoms with van der Waals surface area (Å²) in [6, 6.07) is 11.9. The van der Waals surface area contributed by atoms with Crippen molar-refractivity contribution in [1.82, 2.24) is 0 Å². The summed E-state index contributed by atoms with van der Waals surface area (Å²) in [6.07, 6.45) is 4.61. The summed E-state index contributed by atoms with van der Waals surface area (Å²) in [5.74, 6) is -0.0534. The van der Waals surface area contributed by atoms with Crippen LogP contribution in [0.1, 0.15) is 39.9 Å². The molecule has 1 amide bonds. The number of anilines is 1. The number of thiol groups is 1. The fraction of sp³-hybridized carbons (Fsp3) is 0.278. The highest BCUT2D eigenvalue weighted by Gasteiger charge is 2.16. The molecular weight excluding hydrogens is 278 g/mol. The van der Waals surface area contributed by atoms with Crippen molar-refractivity contribution in [2.45, 2.75) is 37.5 Å². The van der Waals surface area contributed by atoms with Crippen molar-refractivity contribution in [3.8, 4) is 0 Å². The molecule has 0 unspecified atom stereocenters. The second-order valence-corrected chi connectivity index (χ2v) is 6.12. The van der Waals surface area contributed by atoms with Crippen LogP contribution in [0, 0.1) is 6.92 Å². The van der Waals surface area contributed by atoms with Crippen molar-refractivity contribution in [3.63, 3.8) is 0 Å². The fourth-order valence-corrected chi connectivity index (χ4v) is 3.15. The summed E-state index contributed by atoms with van der Waals surface area (Å²) in [6.45, 7) is 1.95. The van der Waals surface area contributed by atoms with E-state index in [0.29, 0.717) is 5.56 Å². The van der Waals surface area contributed by atoms with E-state index >= 15 is 0 Å². The van der Waals surface area contributed by atoms with E-state index in [-0.39, 0.29) is 5.91 Å². The van der Waals surface area contributed by atoms with E-state index in [1.54, 1.807) is 0 Å². The first-order valence-electron chi connectivity index (χ1n) is 7.37. The second kappa shape index (κ2) is 5.94. The minimum absolute atomic E-state index is 0.0534. The number of nitrogens with one attached hydrogen (secondary N) is 1. The average molecular weight is 297 g/mol. The minimum atomic E-state index is -0.0534. The van der Waals surface area contributed by atoms with E-state index in [9.17, 15) is 4.79 Å². The minimum Gasteiger partial charge on any atom is -0.322 e. The van der Waals surface area contributed by atoms with Crippen LogP contribution in [0.2, 0.25) is 0 Å². The molecule has 1 N–H and O–H groups in total. The van der Waals surface area contributed by atoms with Crippen LogP contribution < -0.4 is 5.32 Å². The van der Waals surface area contributed by atoms with Crippen LogP contribution in [0.4, 0.5) is 5.69 Å². The lowest BCUT2D eigenvalue weighted by Crippen LogP contribution is -2.16. The number of hydrogen-bond acceptors (Lipinski definition) is 2. The number of rotatable bonds is 2. The van der Waals surface area contributed by atoms with Crippen molar-refractivity contribution >= 4 is 24.2 Å². The molecule has 0 saturated carbocycles. The quantitative estimate of drug-likeness (QED) is 0.790. The smallest absolute Gasteiger partial charge is 0.255 e. The number of fused-ring (bicyclic) bond motifs is 1. The Morgan fingerprint density at radius 1 is 1.14 bits per heavy atom. The SMILES string of the molecule is Cc1ccc(S)cc1C(=O)Nc1cccc2c1CCCC2. The maximum absolute atomic E-state index is 12.5. The molecule has 3 heteroatoms. The standard InChI is InChI=1S/C18H19NOS/c1-12-9-10-14(21)11-16(12)18(20)19-17-8-4-6-13-5-2-3-7-15(13)17/h4,6,8-11,21H,2-3,5,7H2,1H3,(H,19,20). The van der Waals surface area contributed by atoms with E-state index in [1.807, 2.05) is 37.3 Å². The zero-order chi connectivity index (χ0) is 14.8. The highest BCUT2D eigenvalue weighted by Crippen LogP contribution is 2.28. The molecule has 0 fully saturated rings. The van der Waals surface area contributed by atoms with Crippen LogP contribution in [-0.2, 0) is 12.8 Å². The van der Waals surface area contributed by atoms with Crippen molar-refractivity contribution in [3.05, 3.63) is 58.7 Å². The van der Waals surface area contributed by atoms with Gasteiger partial charge in [0.15, 0.2) is 0 Å². The number of amides is 1. The molecule has 0 heterocycles. The molecule has 2 aromatic rings. The highest BCUT2D eigenvalue weighted by atomic mass is 32.1. The van der Waals surface area contributed by atoms with Crippen LogP contribution in [0.25, 0.3) is 0 Å². The summed E-state index contributed by atoms with van der Waals surface area (Å²) >= 11 is 4.32. The van der Waals surface area contributed by atoms with E-state index in [1.165, 1.54) is 24.0 Å². The van der Waals surface area contributed by atoms with Crippen LogP contribution in [-0.4, -0.2) is 5.91 Å². The van der Waals surface area contributed by atoms with Crippen LogP contribution in [0.3, 0.4) is 0 Å². The van der Waals surface area contributed by atoms with Crippen molar-refractivity contribution in [2.24, 2.45) is 0 Å². The van der Waals surface area contributed by atoms with Crippen molar-refractivity contribution in [2.75, 3.05) is 5.32 Å². The van der Waals surface area contributed by atoms with Gasteiger partial charge in [-0.25, -0.2) is 0 Å². The Kier molecular flexibility index (Phi) is 4.02. The molecule has 1 aliphatic carbocycles. The zero-order valence-electron chi connectivity index (χ0n) is 12.1. The van der Waals surface area contributed by atoms with Gasteiger partial charge in [0.25, 0.3) is 5.91 Å². The molecule has 0 radical (unpaired) electrons. The maximum atomic E-state index is 12.5. The first kappa shape index (κ1) is 14.2. The van der Waals surface area contributed by atoms with Crippen molar-refractivity contribution in [1.29, 1.82) is 0 Å². The van der Waals surface area contributed by atoms with E-state index < -0.39 is 0 Å². The summed E-state index contributed by atoms with van der Waals surface area (Å²) in [5.41, 5.74) is 5.29. The zero-order valence-corrected chi connectivity index (χ0v) is 13.0. The molecular formula is C18H19NOS. The predicted molar refractivity (Wildman–Crippen MR) is 89.5 cm³/mol. The van der Waals surface area contributed by atoms with Crippen LogP contribution in [0.15, 0.2) is 41.3 Å². The lowest BCUT2D eigenvalue weighted by molar-refractivity contribution is 0.102. The monoisotopic (exact) mass is 297 g/mol. The van der Waals surface area contributed by atoms with E-state index in [0.717, 1.165) is 29.0 Å². The number of aryl methyl sites for hydroxylation is 2. The van der Waals surface area contributed by atoms with Gasteiger partial charge in [-0.3, -0.25) is 4.79 Å². The molecule has 2 aromatic carbocycles. The van der Waals surface area contributed by atoms with Gasteiger partial charge in [0.2, 0.25) is 0 Å². The third-order valence-electron chi connectivity index (χ3n) is 4.11. The Morgan fingerprint density at radius 3 is 2.81 bits per heavy atom. The summed E-state index contributed by atoms with van der Waals surface area (Å²) in [7, 11) is 0. The predicted octanol–water partition coefficient (Wildman–Crippen LogP) is 4.41. The summed E-state index contributed by atoms with van der Waals surface area (Å²) < 4.78 is 0. The highest BCUT2D eigenvalue weighted by molar-refractivity contribution is 7.80. The molecule has 0 bridgehead atoms. The Labute approximate surface area is 131 Å². The summed E-state index contributed by atoms with van der Waals surface area (Å²) in [5, 5.41) is 3.08. The third kappa shape index (κ3) is 2.98. The average Bonchev–Trinajstić information content (AvgIpc) is 2.50. The van der Waals surface area contributed by atoms with Gasteiger partial charge in [-0.15, -0.1) is 12.6 Å². The number of carbonyl (C=O) groups is 1. The lowest BCUT2D eigenvalue weighted by Gasteiger charge is -2.20. The van der Waals surface area contributed by atoms with Gasteiger partial charge in [0, 0.05) is 16.1 Å². The molecule has 108 valence electrons. The Balaban J connectivity index is 1.90. The van der Waals surface area contributed by atoms with Gasteiger partial charge in [0.1, 0.15) is 0 Å². The van der Waals surface area contributed by atoms with Gasteiger partial charge in [0.05, 0.1) is 0 Å². The number of hydrogen-bond donors (Lipinski definition) is 2. The normalized spacial score (nSPS) is 13.6. The molecule has 0 atom stereocenters. The molecule has 1 aliphatic rings. The molecule has 0 saturated heterocycles. The first-order chi connectivity index (χ1) is 10.1. The number of benzene rings is 2. The fourth-order valence-electron chi connectivity index (χ4n) is 2.94. The van der Waals surface area contributed by atoms with Gasteiger partial charge >= 0.3 is 0 Å². The molecule has 21 heavy (non-hydrogen) atoms. The molecule has 3 rings (SSSR count). The lowest BCUT2D eigenvalue weighted by atomic mass is 9.90. The Morgan fingerprint density at radius 2 is 1.95 bits per heavy atom. The van der Waals surface area contributed by atoms with E-state index in [2.05, 4.69) is 24.0 Å². The largest absolute Gasteiger partial charge is 0.322 e. The molecule has 2 nitrogen and oxygen atoms in total. The molecule has 0 aliphatic heterocycles. The molecule has 0 aromatic heterocycles. The van der Waals surface area contributed by atoms with Crippen LogP contribution in [0.5, 0.6) is 0 Å². The van der Waals surface area contributed by atoms with Gasteiger partial charge in [-0.1, -0.05) is 18.2 Å². The second-order valence-electron chi connectivity index (χ2n) is 5.60. The molecule has 0 spiro atoms. The van der Waals surface area contributed by atoms with E-state index in [4.69, 9.17) is 0 Å². The van der Waals surface area contributed by atoms with Gasteiger partial charge in [-0.05, 0) is 67.5 Å². The topological polar surface area (TPSA) is 29.1 Å². The Bertz CT molecular complexity index is 694. The van der Waals surface area contributed by atoms with Gasteiger partial charge < -0.3 is 5.32 Å². The first-order valence-corrected chi connectivity index (χ1v) is 7.81. The van der Waals surface area contributed by atoms with Crippen LogP contribution >= 0.6 is 12.6 Å². The third-order valence-corrected chi connectivity index (χ3v) is 4.39. The van der Waals surface area contributed by atoms with Crippen molar-refractivity contribution < 1.29 is 4.79 Å². The van der Waals surface area contributed by atoms with Gasteiger partial charge in [-0.2, -0.15) is 0 Å².